The number of benzene rings is 1. The molecule has 7 heteroatoms. The zero-order valence-electron chi connectivity index (χ0n) is 12.8. The molecule has 0 saturated heterocycles. The van der Waals surface area contributed by atoms with Crippen molar-refractivity contribution >= 4 is 40.4 Å². The number of hydrogen-bond acceptors (Lipinski definition) is 4. The number of halogens is 1. The van der Waals surface area contributed by atoms with Gasteiger partial charge in [-0.1, -0.05) is 17.7 Å². The number of amides is 2. The van der Waals surface area contributed by atoms with E-state index in [0.717, 1.165) is 4.88 Å². The standard InChI is InChI=1S/C16H17ClN2O3S/c1-10(8-12-4-3-7-23-12)18-15(20)16(21)19-11-5-6-14(22-2)13(17)9-11/h3-7,9-10H,8H2,1-2H3,(H,18,20)(H,19,21)/t10-/m0/s1. The van der Waals surface area contributed by atoms with E-state index in [1.54, 1.807) is 23.5 Å². The third-order valence-electron chi connectivity index (χ3n) is 3.08. The first-order valence-corrected chi connectivity index (χ1v) is 8.23. The highest BCUT2D eigenvalue weighted by Gasteiger charge is 2.17. The smallest absolute Gasteiger partial charge is 0.313 e. The number of anilines is 1. The Kier molecular flexibility index (Phi) is 6.01. The molecule has 2 N–H and O–H groups in total. The van der Waals surface area contributed by atoms with Crippen molar-refractivity contribution in [3.8, 4) is 5.75 Å². The van der Waals surface area contributed by atoms with Crippen molar-refractivity contribution in [1.82, 2.24) is 5.32 Å². The van der Waals surface area contributed by atoms with Crippen LogP contribution in [0.25, 0.3) is 0 Å². The Bertz CT molecular complexity index is 689. The Balaban J connectivity index is 1.89. The summed E-state index contributed by atoms with van der Waals surface area (Å²) < 4.78 is 5.03. The summed E-state index contributed by atoms with van der Waals surface area (Å²) in [5, 5.41) is 7.52. The van der Waals surface area contributed by atoms with Gasteiger partial charge in [-0.15, -0.1) is 11.3 Å². The molecule has 0 aliphatic heterocycles. The molecule has 0 saturated carbocycles. The number of carbonyl (C=O) groups excluding carboxylic acids is 2. The summed E-state index contributed by atoms with van der Waals surface area (Å²) in [4.78, 5) is 25.0. The summed E-state index contributed by atoms with van der Waals surface area (Å²) in [6.07, 6.45) is 0.686. The molecule has 0 bridgehead atoms. The summed E-state index contributed by atoms with van der Waals surface area (Å²) in [6, 6.07) is 8.58. The number of carbonyl (C=O) groups is 2. The summed E-state index contributed by atoms with van der Waals surface area (Å²) >= 11 is 7.60. The highest BCUT2D eigenvalue weighted by molar-refractivity contribution is 7.09. The first-order chi connectivity index (χ1) is 11.0. The lowest BCUT2D eigenvalue weighted by Gasteiger charge is -2.13. The minimum absolute atomic E-state index is 0.133. The van der Waals surface area contributed by atoms with Crippen LogP contribution in [0.15, 0.2) is 35.7 Å². The molecule has 0 aliphatic rings. The molecule has 2 amide bonds. The molecule has 0 radical (unpaired) electrons. The van der Waals surface area contributed by atoms with E-state index in [0.29, 0.717) is 22.9 Å². The van der Waals surface area contributed by atoms with Crippen molar-refractivity contribution in [2.45, 2.75) is 19.4 Å². The normalized spacial score (nSPS) is 11.6. The molecule has 5 nitrogen and oxygen atoms in total. The van der Waals surface area contributed by atoms with Crippen LogP contribution in [0.2, 0.25) is 5.02 Å². The van der Waals surface area contributed by atoms with Crippen LogP contribution in [-0.2, 0) is 16.0 Å². The predicted molar refractivity (Wildman–Crippen MR) is 92.3 cm³/mol. The number of methoxy groups -OCH3 is 1. The number of rotatable bonds is 5. The van der Waals surface area contributed by atoms with Gasteiger partial charge in [0.05, 0.1) is 12.1 Å². The minimum atomic E-state index is -0.732. The quantitative estimate of drug-likeness (QED) is 0.812. The van der Waals surface area contributed by atoms with Gasteiger partial charge in [0.1, 0.15) is 5.75 Å². The topological polar surface area (TPSA) is 67.4 Å². The summed E-state index contributed by atoms with van der Waals surface area (Å²) in [7, 11) is 1.50. The lowest BCUT2D eigenvalue weighted by Crippen LogP contribution is -2.41. The first kappa shape index (κ1) is 17.3. The van der Waals surface area contributed by atoms with Crippen LogP contribution < -0.4 is 15.4 Å². The van der Waals surface area contributed by atoms with Crippen LogP contribution in [0.4, 0.5) is 5.69 Å². The van der Waals surface area contributed by atoms with E-state index >= 15 is 0 Å². The zero-order valence-corrected chi connectivity index (χ0v) is 14.3. The maximum atomic E-state index is 11.9. The van der Waals surface area contributed by atoms with Gasteiger partial charge in [-0.25, -0.2) is 0 Å². The van der Waals surface area contributed by atoms with E-state index in [4.69, 9.17) is 16.3 Å². The van der Waals surface area contributed by atoms with Gasteiger partial charge in [-0.05, 0) is 36.6 Å². The summed E-state index contributed by atoms with van der Waals surface area (Å²) in [5.41, 5.74) is 0.432. The van der Waals surface area contributed by atoms with E-state index in [1.165, 1.54) is 13.2 Å². The van der Waals surface area contributed by atoms with E-state index in [9.17, 15) is 9.59 Å². The van der Waals surface area contributed by atoms with Crippen LogP contribution in [0.1, 0.15) is 11.8 Å². The number of ether oxygens (including phenoxy) is 1. The lowest BCUT2D eigenvalue weighted by molar-refractivity contribution is -0.136. The fourth-order valence-electron chi connectivity index (χ4n) is 2.00. The molecular weight excluding hydrogens is 336 g/mol. The molecule has 1 atom stereocenters. The van der Waals surface area contributed by atoms with Crippen molar-refractivity contribution in [2.75, 3.05) is 12.4 Å². The Labute approximate surface area is 143 Å². The van der Waals surface area contributed by atoms with E-state index in [2.05, 4.69) is 10.6 Å². The largest absolute Gasteiger partial charge is 0.495 e. The second-order valence-corrected chi connectivity index (χ2v) is 6.40. The Hall–Kier alpha value is -2.05. The maximum Gasteiger partial charge on any atom is 0.313 e. The highest BCUT2D eigenvalue weighted by Crippen LogP contribution is 2.27. The van der Waals surface area contributed by atoms with E-state index in [-0.39, 0.29) is 6.04 Å². The number of hydrogen-bond donors (Lipinski definition) is 2. The molecular formula is C16H17ClN2O3S. The monoisotopic (exact) mass is 352 g/mol. The molecule has 0 aliphatic carbocycles. The molecule has 0 spiro atoms. The minimum Gasteiger partial charge on any atom is -0.495 e. The van der Waals surface area contributed by atoms with Crippen LogP contribution in [0.5, 0.6) is 5.75 Å². The third kappa shape index (κ3) is 4.97. The summed E-state index contributed by atoms with van der Waals surface area (Å²) in [5.74, 6) is -0.913. The van der Waals surface area contributed by atoms with Gasteiger partial charge in [0.2, 0.25) is 0 Å². The third-order valence-corrected chi connectivity index (χ3v) is 4.27. The van der Waals surface area contributed by atoms with Crippen LogP contribution in [0.3, 0.4) is 0 Å². The predicted octanol–water partition coefficient (Wildman–Crippen LogP) is 3.10. The fourth-order valence-corrected chi connectivity index (χ4v) is 3.10. The average Bonchev–Trinajstić information content (AvgIpc) is 3.00. The van der Waals surface area contributed by atoms with Gasteiger partial charge in [0.25, 0.3) is 0 Å². The molecule has 122 valence electrons. The maximum absolute atomic E-state index is 11.9. The van der Waals surface area contributed by atoms with Crippen LogP contribution in [0, 0.1) is 0 Å². The molecule has 1 aromatic heterocycles. The van der Waals surface area contributed by atoms with Gasteiger partial charge < -0.3 is 15.4 Å². The van der Waals surface area contributed by atoms with Crippen molar-refractivity contribution < 1.29 is 14.3 Å². The van der Waals surface area contributed by atoms with Crippen molar-refractivity contribution in [2.24, 2.45) is 0 Å². The average molecular weight is 353 g/mol. The van der Waals surface area contributed by atoms with Gasteiger partial charge >= 0.3 is 11.8 Å². The van der Waals surface area contributed by atoms with Crippen LogP contribution in [-0.4, -0.2) is 25.0 Å². The van der Waals surface area contributed by atoms with Gasteiger partial charge in [0, 0.05) is 23.0 Å². The van der Waals surface area contributed by atoms with Gasteiger partial charge in [-0.3, -0.25) is 9.59 Å². The second-order valence-electron chi connectivity index (χ2n) is 4.96. The van der Waals surface area contributed by atoms with E-state index in [1.807, 2.05) is 24.4 Å². The number of nitrogens with one attached hydrogen (secondary N) is 2. The molecule has 0 fully saturated rings. The second kappa shape index (κ2) is 7.99. The zero-order chi connectivity index (χ0) is 16.8. The molecule has 2 rings (SSSR count). The summed E-state index contributed by atoms with van der Waals surface area (Å²) in [6.45, 7) is 1.86. The van der Waals surface area contributed by atoms with E-state index < -0.39 is 11.8 Å². The molecule has 0 unspecified atom stereocenters. The Morgan fingerprint density at radius 3 is 2.70 bits per heavy atom. The van der Waals surface area contributed by atoms with Crippen molar-refractivity contribution in [3.05, 3.63) is 45.6 Å². The fraction of sp³-hybridized carbons (Fsp3) is 0.250. The number of thiophene rings is 1. The Morgan fingerprint density at radius 1 is 1.30 bits per heavy atom. The lowest BCUT2D eigenvalue weighted by atomic mass is 10.2. The van der Waals surface area contributed by atoms with Gasteiger partial charge in [-0.2, -0.15) is 0 Å². The SMILES string of the molecule is COc1ccc(NC(=O)C(=O)N[C@@H](C)Cc2cccs2)cc1Cl. The first-order valence-electron chi connectivity index (χ1n) is 6.97. The Morgan fingerprint density at radius 2 is 2.09 bits per heavy atom. The van der Waals surface area contributed by atoms with Crippen molar-refractivity contribution in [1.29, 1.82) is 0 Å². The highest BCUT2D eigenvalue weighted by atomic mass is 35.5. The molecule has 2 aromatic rings. The van der Waals surface area contributed by atoms with Crippen molar-refractivity contribution in [3.63, 3.8) is 0 Å². The van der Waals surface area contributed by atoms with Gasteiger partial charge in [0.15, 0.2) is 0 Å². The van der Waals surface area contributed by atoms with Crippen LogP contribution >= 0.6 is 22.9 Å². The molecule has 1 heterocycles. The molecule has 1 aromatic carbocycles. The molecule has 23 heavy (non-hydrogen) atoms.